The molecule has 0 bridgehead atoms. The Morgan fingerprint density at radius 3 is 2.71 bits per heavy atom. The molecule has 1 N–H and O–H groups in total. The van der Waals surface area contributed by atoms with E-state index in [-0.39, 0.29) is 23.4 Å². The average molecular weight is 394 g/mol. The molecule has 1 aromatic carbocycles. The van der Waals surface area contributed by atoms with Gasteiger partial charge in [0, 0.05) is 23.0 Å². The fourth-order valence-electron chi connectivity index (χ4n) is 2.63. The van der Waals surface area contributed by atoms with Crippen molar-refractivity contribution in [1.29, 1.82) is 5.26 Å². The van der Waals surface area contributed by atoms with Crippen LogP contribution in [0.5, 0.6) is 5.88 Å². The van der Waals surface area contributed by atoms with Crippen molar-refractivity contribution in [2.45, 2.75) is 20.4 Å². The number of aromatic nitrogens is 2. The van der Waals surface area contributed by atoms with Crippen LogP contribution in [0.1, 0.15) is 22.3 Å². The smallest absolute Gasteiger partial charge is 0.281 e. The number of hydrogen-bond donors (Lipinski definition) is 1. The molecule has 0 aliphatic carbocycles. The molecule has 7 nitrogen and oxygen atoms in total. The fraction of sp³-hybridized carbons (Fsp3) is 0.150. The van der Waals surface area contributed by atoms with Crippen molar-refractivity contribution >= 4 is 23.0 Å². The van der Waals surface area contributed by atoms with Gasteiger partial charge in [0.1, 0.15) is 11.6 Å². The van der Waals surface area contributed by atoms with Crippen LogP contribution in [0, 0.1) is 25.2 Å². The third-order valence-corrected chi connectivity index (χ3v) is 4.66. The number of nitriles is 1. The largest absolute Gasteiger partial charge is 0.493 e. The first kappa shape index (κ1) is 19.3. The van der Waals surface area contributed by atoms with E-state index in [2.05, 4.69) is 15.2 Å². The second-order valence-electron chi connectivity index (χ2n) is 6.17. The van der Waals surface area contributed by atoms with Gasteiger partial charge in [-0.1, -0.05) is 23.7 Å². The lowest BCUT2D eigenvalue weighted by Crippen LogP contribution is -2.22. The number of azo groups is 1. The molecule has 0 radical (unpaired) electrons. The van der Waals surface area contributed by atoms with Crippen molar-refractivity contribution in [3.8, 4) is 11.9 Å². The molecule has 0 spiro atoms. The molecule has 0 fully saturated rings. The summed E-state index contributed by atoms with van der Waals surface area (Å²) in [6, 6.07) is 10.6. The molecule has 0 unspecified atom stereocenters. The topological polar surface area (TPSA) is 104 Å². The van der Waals surface area contributed by atoms with Crippen molar-refractivity contribution in [2.24, 2.45) is 10.2 Å². The van der Waals surface area contributed by atoms with Crippen LogP contribution in [-0.2, 0) is 6.54 Å². The third kappa shape index (κ3) is 3.77. The van der Waals surface area contributed by atoms with Crippen molar-refractivity contribution in [3.05, 3.63) is 80.4 Å². The van der Waals surface area contributed by atoms with E-state index < -0.39 is 11.4 Å². The Morgan fingerprint density at radius 1 is 1.29 bits per heavy atom. The second kappa shape index (κ2) is 8.03. The van der Waals surface area contributed by atoms with E-state index in [1.807, 2.05) is 13.0 Å². The summed E-state index contributed by atoms with van der Waals surface area (Å²) in [5, 5.41) is 28.5. The highest BCUT2D eigenvalue weighted by Gasteiger charge is 2.19. The first-order valence-corrected chi connectivity index (χ1v) is 8.73. The lowest BCUT2D eigenvalue weighted by molar-refractivity contribution is 0.412. The molecule has 0 amide bonds. The zero-order chi connectivity index (χ0) is 20.3. The monoisotopic (exact) mass is 393 g/mol. The Labute approximate surface area is 166 Å². The normalized spacial score (nSPS) is 10.9. The van der Waals surface area contributed by atoms with E-state index in [9.17, 15) is 15.2 Å². The molecule has 0 aliphatic heterocycles. The molecule has 2 heterocycles. The van der Waals surface area contributed by atoms with E-state index >= 15 is 0 Å². The number of nitrogens with zero attached hydrogens (tertiary/aromatic N) is 5. The molecular formula is C20H16ClN5O2. The molecule has 3 aromatic rings. The Bertz CT molecular complexity index is 1160. The third-order valence-electron chi connectivity index (χ3n) is 4.25. The fourth-order valence-corrected chi connectivity index (χ4v) is 2.80. The summed E-state index contributed by atoms with van der Waals surface area (Å²) in [6.45, 7) is 3.46. The minimum Gasteiger partial charge on any atom is -0.493 e. The maximum atomic E-state index is 12.9. The predicted molar refractivity (Wildman–Crippen MR) is 106 cm³/mol. The van der Waals surface area contributed by atoms with Gasteiger partial charge >= 0.3 is 0 Å². The summed E-state index contributed by atoms with van der Waals surface area (Å²) >= 11 is 6.09. The maximum Gasteiger partial charge on any atom is 0.281 e. The number of pyridine rings is 2. The highest BCUT2D eigenvalue weighted by atomic mass is 35.5. The van der Waals surface area contributed by atoms with E-state index in [1.165, 1.54) is 0 Å². The summed E-state index contributed by atoms with van der Waals surface area (Å²) < 4.78 is 1.08. The van der Waals surface area contributed by atoms with E-state index in [4.69, 9.17) is 11.6 Å². The lowest BCUT2D eigenvalue weighted by atomic mass is 10.1. The summed E-state index contributed by atoms with van der Waals surface area (Å²) in [4.78, 5) is 16.9. The Hall–Kier alpha value is -3.50. The summed E-state index contributed by atoms with van der Waals surface area (Å²) in [7, 11) is 0. The van der Waals surface area contributed by atoms with Gasteiger partial charge in [0.05, 0.1) is 12.2 Å². The average Bonchev–Trinajstić information content (AvgIpc) is 2.69. The molecule has 0 aliphatic rings. The van der Waals surface area contributed by atoms with E-state index in [0.29, 0.717) is 16.3 Å². The lowest BCUT2D eigenvalue weighted by Gasteiger charge is -2.12. The number of hydrogen-bond acceptors (Lipinski definition) is 6. The van der Waals surface area contributed by atoms with Gasteiger partial charge in [-0.2, -0.15) is 10.4 Å². The zero-order valence-electron chi connectivity index (χ0n) is 15.2. The van der Waals surface area contributed by atoms with Gasteiger partial charge in [-0.3, -0.25) is 14.3 Å². The SMILES string of the molecule is Cc1ccc(N=Nc2c(C)c(C#N)c(O)n(Cc3cccnc3)c2=O)cc1Cl. The second-order valence-corrected chi connectivity index (χ2v) is 6.58. The molecule has 2 aromatic heterocycles. The first-order chi connectivity index (χ1) is 13.4. The molecule has 0 saturated carbocycles. The number of rotatable bonds is 4. The van der Waals surface area contributed by atoms with Gasteiger partial charge in [0.15, 0.2) is 5.69 Å². The van der Waals surface area contributed by atoms with Crippen molar-refractivity contribution in [2.75, 3.05) is 0 Å². The Balaban J connectivity index is 2.11. The molecule has 0 saturated heterocycles. The van der Waals surface area contributed by atoms with Gasteiger partial charge in [-0.05, 0) is 43.2 Å². The summed E-state index contributed by atoms with van der Waals surface area (Å²) in [5.74, 6) is -0.411. The number of benzene rings is 1. The number of aromatic hydroxyl groups is 1. The first-order valence-electron chi connectivity index (χ1n) is 8.35. The molecule has 3 rings (SSSR count). The van der Waals surface area contributed by atoms with Gasteiger partial charge in [-0.15, -0.1) is 5.11 Å². The van der Waals surface area contributed by atoms with Crippen LogP contribution in [0.4, 0.5) is 11.4 Å². The van der Waals surface area contributed by atoms with Crippen molar-refractivity contribution < 1.29 is 5.11 Å². The predicted octanol–water partition coefficient (Wildman–Crippen LogP) is 4.55. The molecule has 0 atom stereocenters. The molecule has 28 heavy (non-hydrogen) atoms. The van der Waals surface area contributed by atoms with Gasteiger partial charge < -0.3 is 5.11 Å². The van der Waals surface area contributed by atoms with Crippen LogP contribution in [-0.4, -0.2) is 14.7 Å². The van der Waals surface area contributed by atoms with Crippen LogP contribution in [0.25, 0.3) is 0 Å². The van der Waals surface area contributed by atoms with Gasteiger partial charge in [0.25, 0.3) is 5.56 Å². The molecule has 8 heteroatoms. The highest BCUT2D eigenvalue weighted by Crippen LogP contribution is 2.28. The Morgan fingerprint density at radius 2 is 2.07 bits per heavy atom. The number of aryl methyl sites for hydroxylation is 1. The van der Waals surface area contributed by atoms with Gasteiger partial charge in [0.2, 0.25) is 5.88 Å². The van der Waals surface area contributed by atoms with E-state index in [0.717, 1.165) is 10.1 Å². The summed E-state index contributed by atoms with van der Waals surface area (Å²) in [6.07, 6.45) is 3.18. The zero-order valence-corrected chi connectivity index (χ0v) is 16.0. The van der Waals surface area contributed by atoms with Crippen LogP contribution in [0.2, 0.25) is 5.02 Å². The minimum absolute atomic E-state index is 0.0186. The van der Waals surface area contributed by atoms with Crippen LogP contribution >= 0.6 is 11.6 Å². The van der Waals surface area contributed by atoms with E-state index in [1.54, 1.807) is 49.6 Å². The quantitative estimate of drug-likeness (QED) is 0.656. The van der Waals surface area contributed by atoms with Crippen molar-refractivity contribution in [1.82, 2.24) is 9.55 Å². The van der Waals surface area contributed by atoms with Crippen LogP contribution in [0.3, 0.4) is 0 Å². The molecular weight excluding hydrogens is 378 g/mol. The van der Waals surface area contributed by atoms with Crippen molar-refractivity contribution in [3.63, 3.8) is 0 Å². The van der Waals surface area contributed by atoms with Gasteiger partial charge in [-0.25, -0.2) is 0 Å². The Kier molecular flexibility index (Phi) is 5.52. The number of halogens is 1. The minimum atomic E-state index is -0.556. The maximum absolute atomic E-state index is 12.9. The van der Waals surface area contributed by atoms with Crippen LogP contribution in [0.15, 0.2) is 57.7 Å². The summed E-state index contributed by atoms with van der Waals surface area (Å²) in [5.41, 5.74) is 1.72. The van der Waals surface area contributed by atoms with Crippen LogP contribution < -0.4 is 5.56 Å². The molecule has 140 valence electrons. The standard InChI is InChI=1S/C20H16ClN5O2/c1-12-5-6-15(8-17(12)21)24-25-18-13(2)16(9-22)19(27)26(20(18)28)11-14-4-3-7-23-10-14/h3-8,10,27H,11H2,1-2H3. The highest BCUT2D eigenvalue weighted by molar-refractivity contribution is 6.31.